The minimum Gasteiger partial charge on any atom is -0.267 e. The van der Waals surface area contributed by atoms with E-state index in [1.807, 2.05) is 18.2 Å². The normalized spacial score (nSPS) is 11.1. The highest BCUT2D eigenvalue weighted by Gasteiger charge is 2.11. The quantitative estimate of drug-likeness (QED) is 0.497. The van der Waals surface area contributed by atoms with Crippen LogP contribution in [0.2, 0.25) is 0 Å². The van der Waals surface area contributed by atoms with Crippen molar-refractivity contribution in [1.82, 2.24) is 19.2 Å². The minimum absolute atomic E-state index is 0.00931. The van der Waals surface area contributed by atoms with Crippen LogP contribution < -0.4 is 11.1 Å². The second-order valence-electron chi connectivity index (χ2n) is 4.81. The lowest BCUT2D eigenvalue weighted by Gasteiger charge is -2.07. The van der Waals surface area contributed by atoms with Crippen molar-refractivity contribution in [2.45, 2.75) is 0 Å². The van der Waals surface area contributed by atoms with Crippen LogP contribution in [-0.2, 0) is 0 Å². The molecule has 6 heteroatoms. The minimum atomic E-state index is -0.385. The first-order valence-corrected chi connectivity index (χ1v) is 6.70. The first kappa shape index (κ1) is 12.5. The van der Waals surface area contributed by atoms with Gasteiger partial charge < -0.3 is 0 Å². The summed E-state index contributed by atoms with van der Waals surface area (Å²) >= 11 is 0. The molecule has 0 atom stereocenters. The molecule has 2 aromatic carbocycles. The van der Waals surface area contributed by atoms with Crippen LogP contribution in [0.5, 0.6) is 0 Å². The van der Waals surface area contributed by atoms with Crippen LogP contribution >= 0.6 is 0 Å². The van der Waals surface area contributed by atoms with E-state index in [0.717, 1.165) is 4.52 Å². The molecule has 0 aliphatic carbocycles. The van der Waals surface area contributed by atoms with Gasteiger partial charge in [0.25, 0.3) is 5.56 Å². The van der Waals surface area contributed by atoms with E-state index in [-0.39, 0.29) is 16.8 Å². The lowest BCUT2D eigenvalue weighted by atomic mass is 10.2. The average molecular weight is 290 g/mol. The van der Waals surface area contributed by atoms with Crippen molar-refractivity contribution in [2.24, 2.45) is 0 Å². The topological polar surface area (TPSA) is 69.3 Å². The number of fused-ring (bicyclic) bond motifs is 2. The molecule has 6 nitrogen and oxygen atoms in total. The zero-order valence-electron chi connectivity index (χ0n) is 11.4. The molecular weight excluding hydrogens is 280 g/mol. The van der Waals surface area contributed by atoms with Gasteiger partial charge in [0.1, 0.15) is 6.33 Å². The molecule has 0 saturated carbocycles. The summed E-state index contributed by atoms with van der Waals surface area (Å²) in [6.45, 7) is 0. The third-order valence-electron chi connectivity index (χ3n) is 3.48. The Balaban J connectivity index is 2.14. The van der Waals surface area contributed by atoms with E-state index in [4.69, 9.17) is 0 Å². The number of hydrogen-bond acceptors (Lipinski definition) is 4. The highest BCUT2D eigenvalue weighted by atomic mass is 16.1. The number of nitrogens with zero attached hydrogens (tertiary/aromatic N) is 4. The maximum Gasteiger partial charge on any atom is 0.301 e. The maximum atomic E-state index is 12.6. The van der Waals surface area contributed by atoms with Gasteiger partial charge in [0.2, 0.25) is 5.65 Å². The number of para-hydroxylation sites is 2. The van der Waals surface area contributed by atoms with Crippen LogP contribution in [0.15, 0.2) is 70.5 Å². The summed E-state index contributed by atoms with van der Waals surface area (Å²) in [7, 11) is 0. The van der Waals surface area contributed by atoms with Crippen molar-refractivity contribution >= 4 is 16.6 Å². The summed E-state index contributed by atoms with van der Waals surface area (Å²) in [5.41, 5.74) is 0.430. The Morgan fingerprint density at radius 2 is 1.55 bits per heavy atom. The van der Waals surface area contributed by atoms with Gasteiger partial charge in [-0.1, -0.05) is 30.3 Å². The molecule has 0 spiro atoms. The fraction of sp³-hybridized carbons (Fsp3) is 0. The lowest BCUT2D eigenvalue weighted by Crippen LogP contribution is -2.29. The Hall–Kier alpha value is -3.28. The second kappa shape index (κ2) is 4.63. The van der Waals surface area contributed by atoms with Crippen LogP contribution in [0.1, 0.15) is 0 Å². The van der Waals surface area contributed by atoms with Gasteiger partial charge in [-0.3, -0.25) is 14.2 Å². The van der Waals surface area contributed by atoms with Crippen molar-refractivity contribution in [1.29, 1.82) is 0 Å². The molecular formula is C16H10N4O2. The summed E-state index contributed by atoms with van der Waals surface area (Å²) in [6, 6.07) is 16.0. The molecule has 0 unspecified atom stereocenters. The monoisotopic (exact) mass is 290 g/mol. The van der Waals surface area contributed by atoms with Crippen molar-refractivity contribution in [3.63, 3.8) is 0 Å². The van der Waals surface area contributed by atoms with Crippen LogP contribution in [0.25, 0.3) is 22.2 Å². The summed E-state index contributed by atoms with van der Waals surface area (Å²) in [6.07, 6.45) is 1.34. The Morgan fingerprint density at radius 3 is 2.36 bits per heavy atom. The lowest BCUT2D eigenvalue weighted by molar-refractivity contribution is 0.790. The molecule has 0 fully saturated rings. The van der Waals surface area contributed by atoms with Crippen LogP contribution in [-0.4, -0.2) is 19.2 Å². The van der Waals surface area contributed by atoms with Gasteiger partial charge in [0.05, 0.1) is 16.6 Å². The first-order chi connectivity index (χ1) is 10.8. The van der Waals surface area contributed by atoms with Gasteiger partial charge in [0.15, 0.2) is 0 Å². The smallest absolute Gasteiger partial charge is 0.267 e. The third-order valence-corrected chi connectivity index (χ3v) is 3.48. The van der Waals surface area contributed by atoms with E-state index in [1.165, 1.54) is 10.9 Å². The van der Waals surface area contributed by atoms with Gasteiger partial charge in [-0.05, 0) is 24.3 Å². The molecule has 0 aliphatic heterocycles. The van der Waals surface area contributed by atoms with Crippen LogP contribution in [0.4, 0.5) is 0 Å². The molecule has 0 saturated heterocycles. The molecule has 4 rings (SSSR count). The van der Waals surface area contributed by atoms with Gasteiger partial charge in [-0.2, -0.15) is 9.61 Å². The number of benzene rings is 2. The summed E-state index contributed by atoms with van der Waals surface area (Å²) in [5.74, 6) is 0. The van der Waals surface area contributed by atoms with E-state index in [0.29, 0.717) is 16.6 Å². The van der Waals surface area contributed by atoms with Gasteiger partial charge in [-0.25, -0.2) is 4.98 Å². The number of aromatic nitrogens is 4. The van der Waals surface area contributed by atoms with E-state index in [9.17, 15) is 9.59 Å². The van der Waals surface area contributed by atoms with Gasteiger partial charge in [-0.15, -0.1) is 0 Å². The van der Waals surface area contributed by atoms with Crippen molar-refractivity contribution < 1.29 is 0 Å². The Kier molecular flexibility index (Phi) is 2.62. The largest absolute Gasteiger partial charge is 0.301 e. The molecule has 0 N–H and O–H groups in total. The van der Waals surface area contributed by atoms with Crippen LogP contribution in [0, 0.1) is 0 Å². The van der Waals surface area contributed by atoms with E-state index < -0.39 is 0 Å². The number of hydrogen-bond donors (Lipinski definition) is 0. The zero-order chi connectivity index (χ0) is 15.1. The van der Waals surface area contributed by atoms with Crippen molar-refractivity contribution in [3.8, 4) is 5.69 Å². The SMILES string of the molecule is O=c1c2nc3ccccc3c(=O)n2ncn1-c1ccccc1. The molecule has 2 heterocycles. The fourth-order valence-corrected chi connectivity index (χ4v) is 2.41. The van der Waals surface area contributed by atoms with E-state index >= 15 is 0 Å². The van der Waals surface area contributed by atoms with Crippen molar-refractivity contribution in [3.05, 3.63) is 81.6 Å². The maximum absolute atomic E-state index is 12.6. The molecule has 0 radical (unpaired) electrons. The fourth-order valence-electron chi connectivity index (χ4n) is 2.41. The second-order valence-corrected chi connectivity index (χ2v) is 4.81. The Labute approximate surface area is 123 Å². The molecule has 4 aromatic rings. The van der Waals surface area contributed by atoms with E-state index in [2.05, 4.69) is 10.1 Å². The summed E-state index contributed by atoms with van der Waals surface area (Å²) in [5, 5.41) is 4.51. The molecule has 106 valence electrons. The average Bonchev–Trinajstić information content (AvgIpc) is 2.57. The standard InChI is InChI=1S/C16H10N4O2/c21-15-12-8-4-5-9-13(12)18-14-16(22)19(10-17-20(14)15)11-6-2-1-3-7-11/h1-10H. The number of rotatable bonds is 1. The van der Waals surface area contributed by atoms with Gasteiger partial charge >= 0.3 is 5.56 Å². The molecule has 0 aliphatic rings. The predicted octanol–water partition coefficient (Wildman–Crippen LogP) is 1.39. The highest BCUT2D eigenvalue weighted by molar-refractivity contribution is 5.79. The molecule has 22 heavy (non-hydrogen) atoms. The van der Waals surface area contributed by atoms with Crippen LogP contribution in [0.3, 0.4) is 0 Å². The summed E-state index contributed by atoms with van der Waals surface area (Å²) < 4.78 is 2.42. The Bertz CT molecular complexity index is 1110. The zero-order valence-corrected chi connectivity index (χ0v) is 11.4. The molecule has 2 aromatic heterocycles. The predicted molar refractivity (Wildman–Crippen MR) is 82.4 cm³/mol. The van der Waals surface area contributed by atoms with Crippen molar-refractivity contribution in [2.75, 3.05) is 0 Å². The third kappa shape index (κ3) is 1.74. The molecule has 0 amide bonds. The van der Waals surface area contributed by atoms with Gasteiger partial charge in [0, 0.05) is 0 Å². The molecule has 0 bridgehead atoms. The first-order valence-electron chi connectivity index (χ1n) is 6.70. The highest BCUT2D eigenvalue weighted by Crippen LogP contribution is 2.07. The Morgan fingerprint density at radius 1 is 0.818 bits per heavy atom. The summed E-state index contributed by atoms with van der Waals surface area (Å²) in [4.78, 5) is 29.3. The van der Waals surface area contributed by atoms with E-state index in [1.54, 1.807) is 36.4 Å².